The summed E-state index contributed by atoms with van der Waals surface area (Å²) in [6.07, 6.45) is 0. The second kappa shape index (κ2) is 7.03. The molecule has 0 aliphatic rings. The van der Waals surface area contributed by atoms with Gasteiger partial charge in [0.1, 0.15) is 6.04 Å². The van der Waals surface area contributed by atoms with Crippen LogP contribution in [0.4, 0.5) is 0 Å². The van der Waals surface area contributed by atoms with Gasteiger partial charge in [-0.15, -0.1) is 0 Å². The largest absolute Gasteiger partial charge is 0.392 e. The van der Waals surface area contributed by atoms with Crippen LogP contribution in [0.15, 0.2) is 0 Å². The quantitative estimate of drug-likeness (QED) is 0.384. The summed E-state index contributed by atoms with van der Waals surface area (Å²) in [4.78, 5) is 34.5. The number of thiocarbonyl (C=S) groups is 1. The fraction of sp³-hybridized carbons (Fsp3) is 0.636. The molecule has 0 bridgehead atoms. The standard InChI is InChI=1S/C11H20N4O3S/c1-6(8(16)15-11(2,3)4)14-10(18)9(17)13-5-7(12)19/h6H,5H2,1-4H3,(H2,12,19)(H,13,17)(H,14,18)(H,15,16). The molecular formula is C11H20N4O3S. The van der Waals surface area contributed by atoms with E-state index >= 15 is 0 Å². The van der Waals surface area contributed by atoms with E-state index in [0.717, 1.165) is 0 Å². The molecule has 3 amide bonds. The Morgan fingerprint density at radius 3 is 2.16 bits per heavy atom. The Balaban J connectivity index is 4.28. The Kier molecular flexibility index (Phi) is 6.40. The molecule has 1 unspecified atom stereocenters. The predicted molar refractivity (Wildman–Crippen MR) is 75.3 cm³/mol. The average molecular weight is 288 g/mol. The summed E-state index contributed by atoms with van der Waals surface area (Å²) in [7, 11) is 0. The molecule has 0 spiro atoms. The zero-order valence-corrected chi connectivity index (χ0v) is 12.3. The molecule has 0 aliphatic heterocycles. The molecule has 0 saturated carbocycles. The van der Waals surface area contributed by atoms with Crippen LogP contribution in [0, 0.1) is 0 Å². The molecule has 7 nitrogen and oxygen atoms in total. The fourth-order valence-electron chi connectivity index (χ4n) is 1.05. The molecule has 19 heavy (non-hydrogen) atoms. The highest BCUT2D eigenvalue weighted by molar-refractivity contribution is 7.80. The van der Waals surface area contributed by atoms with Gasteiger partial charge < -0.3 is 21.7 Å². The third-order valence-electron chi connectivity index (χ3n) is 1.87. The third kappa shape index (κ3) is 8.09. The van der Waals surface area contributed by atoms with Crippen LogP contribution in [-0.2, 0) is 14.4 Å². The van der Waals surface area contributed by atoms with Gasteiger partial charge >= 0.3 is 11.8 Å². The lowest BCUT2D eigenvalue weighted by molar-refractivity contribution is -0.140. The van der Waals surface area contributed by atoms with E-state index in [9.17, 15) is 14.4 Å². The van der Waals surface area contributed by atoms with Gasteiger partial charge in [-0.2, -0.15) is 0 Å². The van der Waals surface area contributed by atoms with Gasteiger partial charge in [-0.05, 0) is 27.7 Å². The summed E-state index contributed by atoms with van der Waals surface area (Å²) < 4.78 is 0. The molecule has 0 aromatic carbocycles. The van der Waals surface area contributed by atoms with Crippen LogP contribution < -0.4 is 21.7 Å². The van der Waals surface area contributed by atoms with Gasteiger partial charge in [0.25, 0.3) is 0 Å². The van der Waals surface area contributed by atoms with E-state index < -0.39 is 23.4 Å². The lowest BCUT2D eigenvalue weighted by atomic mass is 10.1. The Labute approximate surface area is 117 Å². The zero-order chi connectivity index (χ0) is 15.2. The summed E-state index contributed by atoms with van der Waals surface area (Å²) in [5.41, 5.74) is 4.77. The number of nitrogens with two attached hydrogens (primary N) is 1. The molecule has 1 atom stereocenters. The molecule has 0 radical (unpaired) electrons. The topological polar surface area (TPSA) is 113 Å². The van der Waals surface area contributed by atoms with Gasteiger partial charge in [0, 0.05) is 5.54 Å². The van der Waals surface area contributed by atoms with Gasteiger partial charge in [-0.3, -0.25) is 14.4 Å². The lowest BCUT2D eigenvalue weighted by Gasteiger charge is -2.23. The van der Waals surface area contributed by atoms with E-state index in [2.05, 4.69) is 28.2 Å². The highest BCUT2D eigenvalue weighted by Crippen LogP contribution is 1.99. The van der Waals surface area contributed by atoms with Crippen LogP contribution in [0.5, 0.6) is 0 Å². The van der Waals surface area contributed by atoms with Crippen molar-refractivity contribution in [3.8, 4) is 0 Å². The van der Waals surface area contributed by atoms with Crippen molar-refractivity contribution in [2.45, 2.75) is 39.3 Å². The smallest absolute Gasteiger partial charge is 0.309 e. The van der Waals surface area contributed by atoms with Crippen molar-refractivity contribution in [2.75, 3.05) is 6.54 Å². The normalized spacial score (nSPS) is 12.2. The Bertz CT molecular complexity index is 390. The molecule has 0 aliphatic carbocycles. The van der Waals surface area contributed by atoms with E-state index in [-0.39, 0.29) is 17.4 Å². The second-order valence-electron chi connectivity index (χ2n) is 5.08. The predicted octanol–water partition coefficient (Wildman–Crippen LogP) is -1.19. The molecule has 0 rings (SSSR count). The first-order chi connectivity index (χ1) is 8.53. The molecular weight excluding hydrogens is 268 g/mol. The Morgan fingerprint density at radius 1 is 1.21 bits per heavy atom. The molecule has 0 saturated heterocycles. The first kappa shape index (κ1) is 17.3. The summed E-state index contributed by atoms with van der Waals surface area (Å²) in [6.45, 7) is 6.86. The number of hydrogen-bond donors (Lipinski definition) is 4. The van der Waals surface area contributed by atoms with Crippen LogP contribution in [0.2, 0.25) is 0 Å². The van der Waals surface area contributed by atoms with E-state index in [0.29, 0.717) is 0 Å². The molecule has 0 aromatic heterocycles. The number of hydrogen-bond acceptors (Lipinski definition) is 4. The van der Waals surface area contributed by atoms with Crippen molar-refractivity contribution >= 4 is 34.9 Å². The number of rotatable bonds is 4. The highest BCUT2D eigenvalue weighted by atomic mass is 32.1. The number of amides is 3. The van der Waals surface area contributed by atoms with Crippen molar-refractivity contribution in [3.63, 3.8) is 0 Å². The minimum Gasteiger partial charge on any atom is -0.392 e. The number of carbonyl (C=O) groups excluding carboxylic acids is 3. The summed E-state index contributed by atoms with van der Waals surface area (Å²) in [6, 6.07) is -0.817. The van der Waals surface area contributed by atoms with Crippen molar-refractivity contribution < 1.29 is 14.4 Å². The second-order valence-corrected chi connectivity index (χ2v) is 5.61. The van der Waals surface area contributed by atoms with E-state index in [4.69, 9.17) is 5.73 Å². The van der Waals surface area contributed by atoms with Gasteiger partial charge in [-0.1, -0.05) is 12.2 Å². The molecule has 8 heteroatoms. The molecule has 108 valence electrons. The van der Waals surface area contributed by atoms with Crippen molar-refractivity contribution in [1.82, 2.24) is 16.0 Å². The summed E-state index contributed by atoms with van der Waals surface area (Å²) in [5.74, 6) is -2.17. The molecule has 0 heterocycles. The van der Waals surface area contributed by atoms with Crippen LogP contribution in [0.1, 0.15) is 27.7 Å². The maximum Gasteiger partial charge on any atom is 0.309 e. The van der Waals surface area contributed by atoms with E-state index in [1.807, 2.05) is 20.8 Å². The van der Waals surface area contributed by atoms with Gasteiger partial charge in [0.05, 0.1) is 11.5 Å². The summed E-state index contributed by atoms with van der Waals surface area (Å²) >= 11 is 4.56. The maximum atomic E-state index is 11.7. The van der Waals surface area contributed by atoms with Crippen LogP contribution in [0.25, 0.3) is 0 Å². The zero-order valence-electron chi connectivity index (χ0n) is 11.5. The first-order valence-corrected chi connectivity index (χ1v) is 6.13. The van der Waals surface area contributed by atoms with Crippen molar-refractivity contribution in [3.05, 3.63) is 0 Å². The average Bonchev–Trinajstić information content (AvgIpc) is 2.23. The van der Waals surface area contributed by atoms with E-state index in [1.54, 1.807) is 0 Å². The lowest BCUT2D eigenvalue weighted by Crippen LogP contribution is -2.53. The minimum absolute atomic E-state index is 0.0653. The monoisotopic (exact) mass is 288 g/mol. The van der Waals surface area contributed by atoms with Crippen molar-refractivity contribution in [1.29, 1.82) is 0 Å². The molecule has 5 N–H and O–H groups in total. The van der Waals surface area contributed by atoms with E-state index in [1.165, 1.54) is 6.92 Å². The molecule has 0 fully saturated rings. The third-order valence-corrected chi connectivity index (χ3v) is 2.01. The number of carbonyl (C=O) groups is 3. The van der Waals surface area contributed by atoms with Gasteiger partial charge in [0.2, 0.25) is 5.91 Å². The van der Waals surface area contributed by atoms with Crippen LogP contribution in [0.3, 0.4) is 0 Å². The molecule has 0 aromatic rings. The number of nitrogens with one attached hydrogen (secondary N) is 3. The Morgan fingerprint density at radius 2 is 1.74 bits per heavy atom. The SMILES string of the molecule is CC(NC(=O)C(=O)NCC(N)=S)C(=O)NC(C)(C)C. The minimum atomic E-state index is -0.909. The van der Waals surface area contributed by atoms with Crippen molar-refractivity contribution in [2.24, 2.45) is 5.73 Å². The maximum absolute atomic E-state index is 11.7. The highest BCUT2D eigenvalue weighted by Gasteiger charge is 2.23. The van der Waals surface area contributed by atoms with Gasteiger partial charge in [-0.25, -0.2) is 0 Å². The van der Waals surface area contributed by atoms with Gasteiger partial charge in [0.15, 0.2) is 0 Å². The first-order valence-electron chi connectivity index (χ1n) is 5.72. The fourth-order valence-corrected chi connectivity index (χ4v) is 1.13. The van der Waals surface area contributed by atoms with Crippen LogP contribution >= 0.6 is 12.2 Å². The summed E-state index contributed by atoms with van der Waals surface area (Å²) in [5, 5.41) is 7.19. The van der Waals surface area contributed by atoms with Crippen LogP contribution in [-0.4, -0.2) is 40.8 Å². The Hall–Kier alpha value is -1.70.